The van der Waals surface area contributed by atoms with Crippen LogP contribution in [0.25, 0.3) is 17.0 Å². The Kier molecular flexibility index (Phi) is 4.83. The molecule has 154 valence electrons. The van der Waals surface area contributed by atoms with Gasteiger partial charge in [-0.1, -0.05) is 48.5 Å². The number of ketones is 1. The summed E-state index contributed by atoms with van der Waals surface area (Å²) < 4.78 is 14.2. The van der Waals surface area contributed by atoms with Crippen molar-refractivity contribution in [2.45, 2.75) is 27.0 Å². The Morgan fingerprint density at radius 3 is 2.58 bits per heavy atom. The Morgan fingerprint density at radius 1 is 1.00 bits per heavy atom. The summed E-state index contributed by atoms with van der Waals surface area (Å²) in [4.78, 5) is 13.0. The number of carbonyl (C=O) groups is 1. The number of carbonyl (C=O) groups excluding carboxylic acids is 1. The number of hydrogen-bond acceptors (Lipinski definition) is 3. The summed E-state index contributed by atoms with van der Waals surface area (Å²) in [5.41, 5.74) is 4.63. The SMILES string of the molecule is CCn1cc(/C=C2\Oc3c(ccc(OCc4ccccc4)c3C)C2=O)c2ccccc21. The zero-order valence-electron chi connectivity index (χ0n) is 17.6. The molecule has 0 N–H and O–H groups in total. The number of allylic oxidation sites excluding steroid dienone is 1. The fourth-order valence-corrected chi connectivity index (χ4v) is 4.05. The van der Waals surface area contributed by atoms with Crippen LogP contribution in [0.2, 0.25) is 0 Å². The van der Waals surface area contributed by atoms with E-state index in [0.717, 1.165) is 39.9 Å². The number of Topliss-reactive ketones (excluding diaryl/α,β-unsaturated/α-hetero) is 1. The molecule has 5 rings (SSSR count). The molecule has 3 aromatic carbocycles. The van der Waals surface area contributed by atoms with Crippen LogP contribution in [-0.2, 0) is 13.2 Å². The minimum Gasteiger partial charge on any atom is -0.488 e. The lowest BCUT2D eigenvalue weighted by atomic mass is 10.1. The third-order valence-corrected chi connectivity index (χ3v) is 5.72. The maximum Gasteiger partial charge on any atom is 0.231 e. The molecule has 0 fully saturated rings. The summed E-state index contributed by atoms with van der Waals surface area (Å²) in [6.45, 7) is 5.36. The van der Waals surface area contributed by atoms with Gasteiger partial charge < -0.3 is 14.0 Å². The van der Waals surface area contributed by atoms with Gasteiger partial charge in [0.1, 0.15) is 18.1 Å². The van der Waals surface area contributed by atoms with E-state index in [1.165, 1.54) is 0 Å². The van der Waals surface area contributed by atoms with Crippen LogP contribution in [0.15, 0.2) is 78.7 Å². The number of nitrogens with zero attached hydrogens (tertiary/aromatic N) is 1. The van der Waals surface area contributed by atoms with Gasteiger partial charge in [0.2, 0.25) is 5.78 Å². The number of para-hydroxylation sites is 1. The number of hydrogen-bond donors (Lipinski definition) is 0. The first-order chi connectivity index (χ1) is 15.2. The highest BCUT2D eigenvalue weighted by Crippen LogP contribution is 2.40. The van der Waals surface area contributed by atoms with Crippen molar-refractivity contribution in [1.29, 1.82) is 0 Å². The molecule has 0 atom stereocenters. The van der Waals surface area contributed by atoms with Gasteiger partial charge >= 0.3 is 0 Å². The van der Waals surface area contributed by atoms with Crippen molar-refractivity contribution in [1.82, 2.24) is 4.57 Å². The van der Waals surface area contributed by atoms with E-state index in [9.17, 15) is 4.79 Å². The molecule has 4 aromatic rings. The van der Waals surface area contributed by atoms with Crippen LogP contribution < -0.4 is 9.47 Å². The maximum atomic E-state index is 13.0. The van der Waals surface area contributed by atoms with Crippen molar-refractivity contribution in [3.8, 4) is 11.5 Å². The second-order valence-corrected chi connectivity index (χ2v) is 7.67. The van der Waals surface area contributed by atoms with Crippen molar-refractivity contribution >= 4 is 22.8 Å². The lowest BCUT2D eigenvalue weighted by Crippen LogP contribution is -1.98. The molecule has 2 heterocycles. The molecular weight excluding hydrogens is 386 g/mol. The first-order valence-electron chi connectivity index (χ1n) is 10.5. The topological polar surface area (TPSA) is 40.5 Å². The Balaban J connectivity index is 1.45. The zero-order valence-corrected chi connectivity index (χ0v) is 17.6. The minimum atomic E-state index is -0.0963. The van der Waals surface area contributed by atoms with E-state index in [0.29, 0.717) is 23.7 Å². The first-order valence-corrected chi connectivity index (χ1v) is 10.5. The van der Waals surface area contributed by atoms with Crippen molar-refractivity contribution in [2.75, 3.05) is 0 Å². The van der Waals surface area contributed by atoms with Gasteiger partial charge in [-0.05, 0) is 43.7 Å². The predicted molar refractivity (Wildman–Crippen MR) is 123 cm³/mol. The number of ether oxygens (including phenoxy) is 2. The van der Waals surface area contributed by atoms with Crippen LogP contribution >= 0.6 is 0 Å². The Labute approximate surface area is 181 Å². The van der Waals surface area contributed by atoms with E-state index >= 15 is 0 Å². The third-order valence-electron chi connectivity index (χ3n) is 5.72. The number of benzene rings is 3. The van der Waals surface area contributed by atoms with Crippen LogP contribution in [0.4, 0.5) is 0 Å². The third kappa shape index (κ3) is 3.40. The molecule has 0 spiro atoms. The van der Waals surface area contributed by atoms with Crippen LogP contribution in [0.5, 0.6) is 11.5 Å². The highest BCUT2D eigenvalue weighted by Gasteiger charge is 2.30. The molecular formula is C27H23NO3. The predicted octanol–water partition coefficient (Wildman–Crippen LogP) is 6.16. The second kappa shape index (κ2) is 7.80. The summed E-state index contributed by atoms with van der Waals surface area (Å²) in [5, 5.41) is 1.10. The van der Waals surface area contributed by atoms with Crippen LogP contribution in [0.3, 0.4) is 0 Å². The lowest BCUT2D eigenvalue weighted by molar-refractivity contribution is 0.101. The van der Waals surface area contributed by atoms with Crippen molar-refractivity contribution in [3.63, 3.8) is 0 Å². The fourth-order valence-electron chi connectivity index (χ4n) is 4.05. The van der Waals surface area contributed by atoms with E-state index in [2.05, 4.69) is 29.8 Å². The van der Waals surface area contributed by atoms with Gasteiger partial charge in [0.15, 0.2) is 5.76 Å². The quantitative estimate of drug-likeness (QED) is 0.370. The molecule has 0 bridgehead atoms. The summed E-state index contributed by atoms with van der Waals surface area (Å²) >= 11 is 0. The van der Waals surface area contributed by atoms with Crippen molar-refractivity contribution < 1.29 is 14.3 Å². The fraction of sp³-hybridized carbons (Fsp3) is 0.148. The van der Waals surface area contributed by atoms with Crippen molar-refractivity contribution in [3.05, 3.63) is 101 Å². The molecule has 1 aromatic heterocycles. The van der Waals surface area contributed by atoms with Gasteiger partial charge in [0, 0.05) is 34.8 Å². The molecule has 0 amide bonds. The highest BCUT2D eigenvalue weighted by atomic mass is 16.5. The molecule has 1 aliphatic heterocycles. The van der Waals surface area contributed by atoms with Crippen LogP contribution in [0, 0.1) is 6.92 Å². The monoisotopic (exact) mass is 409 g/mol. The molecule has 4 nitrogen and oxygen atoms in total. The second-order valence-electron chi connectivity index (χ2n) is 7.67. The van der Waals surface area contributed by atoms with E-state index < -0.39 is 0 Å². The first kappa shape index (κ1) is 19.2. The minimum absolute atomic E-state index is 0.0963. The van der Waals surface area contributed by atoms with Gasteiger partial charge in [-0.2, -0.15) is 0 Å². The summed E-state index contributed by atoms with van der Waals surface area (Å²) in [6, 6.07) is 21.9. The average Bonchev–Trinajstić information content (AvgIpc) is 3.32. The molecule has 0 radical (unpaired) electrons. The summed E-state index contributed by atoms with van der Waals surface area (Å²) in [7, 11) is 0. The number of aromatic nitrogens is 1. The Hall–Kier alpha value is -3.79. The van der Waals surface area contributed by atoms with Crippen molar-refractivity contribution in [2.24, 2.45) is 0 Å². The van der Waals surface area contributed by atoms with Gasteiger partial charge in [-0.3, -0.25) is 4.79 Å². The Morgan fingerprint density at radius 2 is 1.77 bits per heavy atom. The molecule has 0 aliphatic carbocycles. The van der Waals surface area contributed by atoms with Crippen LogP contribution in [0.1, 0.15) is 34.0 Å². The van der Waals surface area contributed by atoms with E-state index in [1.807, 2.05) is 61.5 Å². The smallest absolute Gasteiger partial charge is 0.231 e. The Bertz CT molecular complexity index is 1320. The van der Waals surface area contributed by atoms with E-state index in [-0.39, 0.29) is 5.78 Å². The van der Waals surface area contributed by atoms with Gasteiger partial charge in [-0.25, -0.2) is 0 Å². The summed E-state index contributed by atoms with van der Waals surface area (Å²) in [6.07, 6.45) is 3.92. The van der Waals surface area contributed by atoms with E-state index in [1.54, 1.807) is 6.07 Å². The average molecular weight is 409 g/mol. The van der Waals surface area contributed by atoms with Gasteiger partial charge in [0.25, 0.3) is 0 Å². The zero-order chi connectivity index (χ0) is 21.4. The van der Waals surface area contributed by atoms with Gasteiger partial charge in [0.05, 0.1) is 5.56 Å². The molecule has 0 saturated heterocycles. The highest BCUT2D eigenvalue weighted by molar-refractivity contribution is 6.15. The van der Waals surface area contributed by atoms with Crippen LogP contribution in [-0.4, -0.2) is 10.4 Å². The number of rotatable bonds is 5. The standard InChI is InChI=1S/C27H23NO3/c1-3-28-16-20(21-11-7-8-12-23(21)28)15-25-26(29)22-13-14-24(18(2)27(22)31-25)30-17-19-9-5-4-6-10-19/h4-16H,3,17H2,1-2H3/b25-15-. The number of aryl methyl sites for hydroxylation is 1. The number of fused-ring (bicyclic) bond motifs is 2. The van der Waals surface area contributed by atoms with E-state index in [4.69, 9.17) is 9.47 Å². The molecule has 31 heavy (non-hydrogen) atoms. The largest absolute Gasteiger partial charge is 0.488 e. The van der Waals surface area contributed by atoms with Gasteiger partial charge in [-0.15, -0.1) is 0 Å². The normalized spacial score (nSPS) is 14.1. The molecule has 4 heteroatoms. The summed E-state index contributed by atoms with van der Waals surface area (Å²) in [5.74, 6) is 1.55. The maximum absolute atomic E-state index is 13.0. The molecule has 0 saturated carbocycles. The lowest BCUT2D eigenvalue weighted by Gasteiger charge is -2.11. The molecule has 1 aliphatic rings. The molecule has 0 unspecified atom stereocenters.